The highest BCUT2D eigenvalue weighted by atomic mass is 32.2. The van der Waals surface area contributed by atoms with Crippen molar-refractivity contribution in [2.24, 2.45) is 0 Å². The van der Waals surface area contributed by atoms with E-state index in [9.17, 15) is 8.42 Å². The van der Waals surface area contributed by atoms with Crippen molar-refractivity contribution >= 4 is 21.7 Å². The highest BCUT2D eigenvalue weighted by molar-refractivity contribution is 7.92. The molecule has 0 aliphatic carbocycles. The van der Waals surface area contributed by atoms with Gasteiger partial charge in [-0.05, 0) is 20.8 Å². The number of sulfone groups is 1. The van der Waals surface area contributed by atoms with Crippen molar-refractivity contribution in [1.29, 1.82) is 0 Å². The molecule has 0 atom stereocenters. The standard InChI is InChI=1S/C11H21N5O3S/c1-6-12-8-14-9(16-10(15-8)19-4)13-7-11(2,3)20(5,17)18/h6-7H2,1-5H3,(H2,12,13,14,15,16). The van der Waals surface area contributed by atoms with Gasteiger partial charge in [0.05, 0.1) is 11.9 Å². The lowest BCUT2D eigenvalue weighted by atomic mass is 10.2. The van der Waals surface area contributed by atoms with Crippen LogP contribution in [0.15, 0.2) is 0 Å². The Labute approximate surface area is 119 Å². The first kappa shape index (κ1) is 16.4. The maximum atomic E-state index is 11.6. The van der Waals surface area contributed by atoms with Gasteiger partial charge in [-0.2, -0.15) is 15.0 Å². The molecule has 1 rings (SSSR count). The summed E-state index contributed by atoms with van der Waals surface area (Å²) in [6.45, 7) is 6.03. The van der Waals surface area contributed by atoms with Crippen molar-refractivity contribution in [2.75, 3.05) is 37.1 Å². The van der Waals surface area contributed by atoms with Crippen LogP contribution >= 0.6 is 0 Å². The predicted molar refractivity (Wildman–Crippen MR) is 78.0 cm³/mol. The first-order valence-corrected chi connectivity index (χ1v) is 8.06. The molecule has 0 saturated heterocycles. The van der Waals surface area contributed by atoms with E-state index in [0.29, 0.717) is 12.5 Å². The van der Waals surface area contributed by atoms with Gasteiger partial charge in [0.25, 0.3) is 0 Å². The van der Waals surface area contributed by atoms with Crippen LogP contribution in [0.4, 0.5) is 11.9 Å². The minimum absolute atomic E-state index is 0.163. The van der Waals surface area contributed by atoms with Gasteiger partial charge < -0.3 is 15.4 Å². The van der Waals surface area contributed by atoms with Gasteiger partial charge in [-0.1, -0.05) is 0 Å². The molecule has 114 valence electrons. The molecule has 1 aromatic heterocycles. The number of rotatable bonds is 7. The van der Waals surface area contributed by atoms with E-state index in [-0.39, 0.29) is 18.5 Å². The van der Waals surface area contributed by atoms with Crippen molar-refractivity contribution < 1.29 is 13.2 Å². The summed E-state index contributed by atoms with van der Waals surface area (Å²) in [5.41, 5.74) is 0. The Morgan fingerprint density at radius 2 is 1.70 bits per heavy atom. The van der Waals surface area contributed by atoms with E-state index < -0.39 is 14.6 Å². The minimum Gasteiger partial charge on any atom is -0.467 e. The fourth-order valence-corrected chi connectivity index (χ4v) is 1.52. The van der Waals surface area contributed by atoms with E-state index >= 15 is 0 Å². The molecule has 1 heterocycles. The van der Waals surface area contributed by atoms with Crippen molar-refractivity contribution in [3.63, 3.8) is 0 Å². The molecule has 9 heteroatoms. The lowest BCUT2D eigenvalue weighted by molar-refractivity contribution is 0.379. The summed E-state index contributed by atoms with van der Waals surface area (Å²) in [7, 11) is -1.74. The van der Waals surface area contributed by atoms with Gasteiger partial charge in [0.1, 0.15) is 0 Å². The van der Waals surface area contributed by atoms with Crippen LogP contribution in [0.2, 0.25) is 0 Å². The molecule has 1 aromatic rings. The van der Waals surface area contributed by atoms with Gasteiger partial charge in [0.15, 0.2) is 9.84 Å². The molecule has 0 aromatic carbocycles. The SMILES string of the molecule is CCNc1nc(NCC(C)(C)S(C)(=O)=O)nc(OC)n1. The van der Waals surface area contributed by atoms with Crippen molar-refractivity contribution in [2.45, 2.75) is 25.5 Å². The maximum Gasteiger partial charge on any atom is 0.322 e. The van der Waals surface area contributed by atoms with Gasteiger partial charge in [-0.15, -0.1) is 0 Å². The molecule has 20 heavy (non-hydrogen) atoms. The Morgan fingerprint density at radius 1 is 1.15 bits per heavy atom. The van der Waals surface area contributed by atoms with E-state index in [1.807, 2.05) is 6.92 Å². The Kier molecular flexibility index (Phi) is 5.09. The zero-order chi connectivity index (χ0) is 15.4. The van der Waals surface area contributed by atoms with Gasteiger partial charge in [0, 0.05) is 19.3 Å². The molecule has 0 saturated carbocycles. The fraction of sp³-hybridized carbons (Fsp3) is 0.727. The van der Waals surface area contributed by atoms with Crippen LogP contribution in [0.25, 0.3) is 0 Å². The average Bonchev–Trinajstić information content (AvgIpc) is 2.35. The number of aromatic nitrogens is 3. The summed E-state index contributed by atoms with van der Waals surface area (Å²) >= 11 is 0. The number of nitrogens with one attached hydrogen (secondary N) is 2. The van der Waals surface area contributed by atoms with Crippen LogP contribution in [-0.2, 0) is 9.84 Å². The van der Waals surface area contributed by atoms with Crippen LogP contribution in [0.3, 0.4) is 0 Å². The summed E-state index contributed by atoms with van der Waals surface area (Å²) < 4.78 is 27.3. The summed E-state index contributed by atoms with van der Waals surface area (Å²) in [6, 6.07) is 0.163. The monoisotopic (exact) mass is 303 g/mol. The fourth-order valence-electron chi connectivity index (χ4n) is 1.19. The van der Waals surface area contributed by atoms with Crippen LogP contribution in [0, 0.1) is 0 Å². The number of methoxy groups -OCH3 is 1. The van der Waals surface area contributed by atoms with E-state index in [0.717, 1.165) is 0 Å². The highest BCUT2D eigenvalue weighted by Gasteiger charge is 2.30. The summed E-state index contributed by atoms with van der Waals surface area (Å²) in [5, 5.41) is 5.85. The van der Waals surface area contributed by atoms with E-state index in [1.54, 1.807) is 13.8 Å². The largest absolute Gasteiger partial charge is 0.467 e. The third-order valence-electron chi connectivity index (χ3n) is 2.81. The first-order valence-electron chi connectivity index (χ1n) is 6.17. The predicted octanol–water partition coefficient (Wildman–Crippen LogP) is 0.547. The lowest BCUT2D eigenvalue weighted by Gasteiger charge is -2.22. The third kappa shape index (κ3) is 4.19. The molecular weight excluding hydrogens is 282 g/mol. The summed E-state index contributed by atoms with van der Waals surface area (Å²) in [5.74, 6) is 0.642. The molecule has 0 aliphatic heterocycles. The Hall–Kier alpha value is -1.64. The van der Waals surface area contributed by atoms with E-state index in [4.69, 9.17) is 4.74 Å². The van der Waals surface area contributed by atoms with Gasteiger partial charge >= 0.3 is 6.01 Å². The number of anilines is 2. The number of hydrogen-bond donors (Lipinski definition) is 2. The van der Waals surface area contributed by atoms with E-state index in [1.165, 1.54) is 13.4 Å². The van der Waals surface area contributed by atoms with Gasteiger partial charge in [-0.3, -0.25) is 0 Å². The molecule has 0 aliphatic rings. The topological polar surface area (TPSA) is 106 Å². The molecule has 0 amide bonds. The number of nitrogens with zero attached hydrogens (tertiary/aromatic N) is 3. The molecule has 0 bridgehead atoms. The summed E-state index contributed by atoms with van der Waals surface area (Å²) in [4.78, 5) is 12.2. The Morgan fingerprint density at radius 3 is 2.15 bits per heavy atom. The number of hydrogen-bond acceptors (Lipinski definition) is 8. The maximum absolute atomic E-state index is 11.6. The molecule has 0 spiro atoms. The Balaban J connectivity index is 2.90. The second kappa shape index (κ2) is 6.21. The quantitative estimate of drug-likeness (QED) is 0.752. The average molecular weight is 303 g/mol. The molecule has 8 nitrogen and oxygen atoms in total. The third-order valence-corrected chi connectivity index (χ3v) is 4.96. The van der Waals surface area contributed by atoms with Crippen LogP contribution < -0.4 is 15.4 Å². The molecule has 0 fully saturated rings. The highest BCUT2D eigenvalue weighted by Crippen LogP contribution is 2.17. The normalized spacial score (nSPS) is 12.1. The molecule has 2 N–H and O–H groups in total. The smallest absolute Gasteiger partial charge is 0.322 e. The van der Waals surface area contributed by atoms with Crippen molar-refractivity contribution in [3.05, 3.63) is 0 Å². The van der Waals surface area contributed by atoms with Crippen LogP contribution in [0.1, 0.15) is 20.8 Å². The van der Waals surface area contributed by atoms with Gasteiger partial charge in [-0.25, -0.2) is 8.42 Å². The zero-order valence-corrected chi connectivity index (χ0v) is 13.2. The van der Waals surface area contributed by atoms with Crippen LogP contribution in [-0.4, -0.2) is 54.6 Å². The zero-order valence-electron chi connectivity index (χ0n) is 12.4. The molecule has 0 radical (unpaired) electrons. The molecular formula is C11H21N5O3S. The first-order chi connectivity index (χ1) is 9.19. The van der Waals surface area contributed by atoms with Crippen molar-refractivity contribution in [1.82, 2.24) is 15.0 Å². The second-order valence-corrected chi connectivity index (χ2v) is 7.53. The summed E-state index contributed by atoms with van der Waals surface area (Å²) in [6.07, 6.45) is 1.20. The van der Waals surface area contributed by atoms with E-state index in [2.05, 4.69) is 25.6 Å². The lowest BCUT2D eigenvalue weighted by Crippen LogP contribution is -2.38. The minimum atomic E-state index is -3.19. The Bertz CT molecular complexity index is 559. The van der Waals surface area contributed by atoms with Crippen LogP contribution in [0.5, 0.6) is 6.01 Å². The van der Waals surface area contributed by atoms with Gasteiger partial charge in [0.2, 0.25) is 11.9 Å². The molecule has 0 unspecified atom stereocenters. The number of ether oxygens (including phenoxy) is 1. The van der Waals surface area contributed by atoms with Crippen molar-refractivity contribution in [3.8, 4) is 6.01 Å². The second-order valence-electron chi connectivity index (χ2n) is 4.89.